The van der Waals surface area contributed by atoms with Crippen molar-refractivity contribution in [2.45, 2.75) is 17.8 Å². The van der Waals surface area contributed by atoms with Crippen LogP contribution in [0.3, 0.4) is 0 Å². The van der Waals surface area contributed by atoms with Crippen molar-refractivity contribution in [3.63, 3.8) is 0 Å². The molecule has 10 nitrogen and oxygen atoms in total. The average Bonchev–Trinajstić information content (AvgIpc) is 3.17. The molecule has 0 radical (unpaired) electrons. The van der Waals surface area contributed by atoms with Crippen LogP contribution >= 0.6 is 11.8 Å². The predicted octanol–water partition coefficient (Wildman–Crippen LogP) is 2.32. The van der Waals surface area contributed by atoms with Crippen molar-refractivity contribution in [3.8, 4) is 17.2 Å². The zero-order valence-corrected chi connectivity index (χ0v) is 17.7. The van der Waals surface area contributed by atoms with E-state index in [1.165, 1.54) is 18.9 Å². The number of nitrogens with one attached hydrogen (secondary N) is 1. The van der Waals surface area contributed by atoms with Crippen molar-refractivity contribution >= 4 is 23.4 Å². The molecule has 11 heteroatoms. The molecule has 2 heterocycles. The topological polar surface area (TPSA) is 113 Å². The van der Waals surface area contributed by atoms with Crippen LogP contribution in [0.15, 0.2) is 41.7 Å². The first-order chi connectivity index (χ1) is 14.6. The summed E-state index contributed by atoms with van der Waals surface area (Å²) < 4.78 is 17.9. The van der Waals surface area contributed by atoms with Crippen LogP contribution in [0.2, 0.25) is 0 Å². The van der Waals surface area contributed by atoms with Crippen molar-refractivity contribution in [2.75, 3.05) is 25.6 Å². The van der Waals surface area contributed by atoms with Gasteiger partial charge >= 0.3 is 0 Å². The van der Waals surface area contributed by atoms with Gasteiger partial charge in [-0.1, -0.05) is 11.8 Å². The Bertz CT molecular complexity index is 979. The van der Waals surface area contributed by atoms with E-state index in [1.54, 1.807) is 48.3 Å². The molecule has 1 aromatic carbocycles. The number of thioether (sulfide) groups is 1. The number of rotatable bonds is 10. The van der Waals surface area contributed by atoms with Crippen LogP contribution in [0.25, 0.3) is 0 Å². The van der Waals surface area contributed by atoms with E-state index in [4.69, 9.17) is 14.2 Å². The molecule has 0 aliphatic carbocycles. The van der Waals surface area contributed by atoms with Crippen molar-refractivity contribution < 1.29 is 19.0 Å². The number of aromatic nitrogens is 5. The number of carbonyl (C=O) groups is 1. The van der Waals surface area contributed by atoms with Gasteiger partial charge in [0.05, 0.1) is 25.6 Å². The predicted molar refractivity (Wildman–Crippen MR) is 111 cm³/mol. The Hall–Kier alpha value is -3.34. The molecule has 30 heavy (non-hydrogen) atoms. The van der Waals surface area contributed by atoms with Gasteiger partial charge < -0.3 is 19.5 Å². The van der Waals surface area contributed by atoms with Gasteiger partial charge in [0.25, 0.3) is 5.91 Å². The summed E-state index contributed by atoms with van der Waals surface area (Å²) in [5.74, 6) is 1.86. The Morgan fingerprint density at radius 1 is 1.20 bits per heavy atom. The fourth-order valence-corrected chi connectivity index (χ4v) is 3.19. The lowest BCUT2D eigenvalue weighted by molar-refractivity contribution is -0.118. The molecule has 0 bridgehead atoms. The van der Waals surface area contributed by atoms with E-state index in [0.29, 0.717) is 34.7 Å². The van der Waals surface area contributed by atoms with Crippen LogP contribution in [-0.4, -0.2) is 51.4 Å². The Labute approximate surface area is 177 Å². The van der Waals surface area contributed by atoms with Gasteiger partial charge in [-0.25, -0.2) is 4.68 Å². The maximum absolute atomic E-state index is 12.2. The van der Waals surface area contributed by atoms with Gasteiger partial charge in [-0.15, -0.1) is 5.10 Å². The number of methoxy groups -OCH3 is 1. The molecule has 158 valence electrons. The summed E-state index contributed by atoms with van der Waals surface area (Å²) in [6.07, 6.45) is 1.56. The quantitative estimate of drug-likeness (QED) is 0.484. The van der Waals surface area contributed by atoms with Gasteiger partial charge in [0.15, 0.2) is 18.1 Å². The van der Waals surface area contributed by atoms with Crippen molar-refractivity contribution in [3.05, 3.63) is 42.2 Å². The molecule has 3 aromatic rings. The minimum atomic E-state index is -0.292. The van der Waals surface area contributed by atoms with Gasteiger partial charge in [-0.05, 0) is 41.6 Å². The Balaban J connectivity index is 1.57. The largest absolute Gasteiger partial charge is 0.494 e. The number of nitrogens with zero attached hydrogens (tertiary/aromatic N) is 5. The molecule has 0 saturated carbocycles. The van der Waals surface area contributed by atoms with Gasteiger partial charge in [0, 0.05) is 24.6 Å². The van der Waals surface area contributed by atoms with Crippen molar-refractivity contribution in [2.24, 2.45) is 7.05 Å². The summed E-state index contributed by atoms with van der Waals surface area (Å²) >= 11 is 1.44. The molecule has 0 saturated heterocycles. The molecule has 1 N–H and O–H groups in total. The number of tetrazole rings is 1. The van der Waals surface area contributed by atoms with E-state index in [1.807, 2.05) is 6.92 Å². The second kappa shape index (κ2) is 10.4. The highest BCUT2D eigenvalue weighted by Gasteiger charge is 2.12. The fraction of sp³-hybridized carbons (Fsp3) is 0.316. The molecule has 0 spiro atoms. The van der Waals surface area contributed by atoms with Gasteiger partial charge in [0.2, 0.25) is 5.16 Å². The van der Waals surface area contributed by atoms with Gasteiger partial charge in [0.1, 0.15) is 5.75 Å². The highest BCUT2D eigenvalue weighted by atomic mass is 32.2. The van der Waals surface area contributed by atoms with Crippen LogP contribution in [0.4, 0.5) is 5.69 Å². The molecule has 2 aromatic heterocycles. The first-order valence-electron chi connectivity index (χ1n) is 9.12. The van der Waals surface area contributed by atoms with Crippen LogP contribution in [0.5, 0.6) is 17.2 Å². The minimum absolute atomic E-state index is 0.173. The van der Waals surface area contributed by atoms with E-state index in [2.05, 4.69) is 25.8 Å². The highest BCUT2D eigenvalue weighted by molar-refractivity contribution is 7.98. The second-order valence-corrected chi connectivity index (χ2v) is 6.94. The van der Waals surface area contributed by atoms with E-state index in [-0.39, 0.29) is 12.5 Å². The van der Waals surface area contributed by atoms with Crippen LogP contribution in [-0.2, 0) is 17.6 Å². The SMILES string of the molecule is CCOc1ccc(NC(=O)COc2cc(CSc3nnnn3C)ncc2OC)cc1. The lowest BCUT2D eigenvalue weighted by Gasteiger charge is -2.12. The Morgan fingerprint density at radius 3 is 2.67 bits per heavy atom. The van der Waals surface area contributed by atoms with E-state index in [0.717, 1.165) is 11.4 Å². The standard InChI is InChI=1S/C19H22N6O4S/c1-4-28-15-7-5-13(6-8-15)21-18(26)11-29-16-9-14(20-10-17(16)27-3)12-30-19-22-23-24-25(19)2/h5-10H,4,11-12H2,1-3H3,(H,21,26). The molecule has 0 unspecified atom stereocenters. The normalized spacial score (nSPS) is 10.5. The summed E-state index contributed by atoms with van der Waals surface area (Å²) in [6.45, 7) is 2.33. The van der Waals surface area contributed by atoms with Crippen LogP contribution in [0.1, 0.15) is 12.6 Å². The zero-order chi connectivity index (χ0) is 21.3. The van der Waals surface area contributed by atoms with Crippen LogP contribution < -0.4 is 19.5 Å². The maximum Gasteiger partial charge on any atom is 0.262 e. The number of ether oxygens (including phenoxy) is 3. The minimum Gasteiger partial charge on any atom is -0.494 e. The summed E-state index contributed by atoms with van der Waals surface area (Å²) in [4.78, 5) is 16.6. The second-order valence-electron chi connectivity index (χ2n) is 5.99. The summed E-state index contributed by atoms with van der Waals surface area (Å²) in [7, 11) is 3.28. The Morgan fingerprint density at radius 2 is 2.00 bits per heavy atom. The fourth-order valence-electron chi connectivity index (χ4n) is 2.43. The number of hydrogen-bond acceptors (Lipinski definition) is 9. The van der Waals surface area contributed by atoms with Gasteiger partial charge in [-0.3, -0.25) is 9.78 Å². The van der Waals surface area contributed by atoms with Crippen molar-refractivity contribution in [1.29, 1.82) is 0 Å². The monoisotopic (exact) mass is 430 g/mol. The summed E-state index contributed by atoms with van der Waals surface area (Å²) in [6, 6.07) is 8.86. The number of amides is 1. The third kappa shape index (κ3) is 5.83. The van der Waals surface area contributed by atoms with Crippen LogP contribution in [0, 0.1) is 0 Å². The number of benzene rings is 1. The van der Waals surface area contributed by atoms with Gasteiger partial charge in [-0.2, -0.15) is 0 Å². The number of pyridine rings is 1. The zero-order valence-electron chi connectivity index (χ0n) is 16.9. The molecule has 0 aliphatic rings. The Kier molecular flexibility index (Phi) is 7.44. The van der Waals surface area contributed by atoms with E-state index < -0.39 is 0 Å². The van der Waals surface area contributed by atoms with E-state index >= 15 is 0 Å². The number of anilines is 1. The smallest absolute Gasteiger partial charge is 0.262 e. The first-order valence-corrected chi connectivity index (χ1v) is 10.1. The lowest BCUT2D eigenvalue weighted by Crippen LogP contribution is -2.20. The van der Waals surface area contributed by atoms with Crippen molar-refractivity contribution in [1.82, 2.24) is 25.2 Å². The number of carbonyl (C=O) groups excluding carboxylic acids is 1. The first kappa shape index (κ1) is 21.4. The molecule has 3 rings (SSSR count). The average molecular weight is 430 g/mol. The van der Waals surface area contributed by atoms with E-state index in [9.17, 15) is 4.79 Å². The highest BCUT2D eigenvalue weighted by Crippen LogP contribution is 2.29. The molecule has 0 atom stereocenters. The molecule has 0 aliphatic heterocycles. The summed E-state index contributed by atoms with van der Waals surface area (Å²) in [5.41, 5.74) is 1.40. The lowest BCUT2D eigenvalue weighted by atomic mass is 10.3. The third-order valence-corrected chi connectivity index (χ3v) is 4.89. The number of hydrogen-bond donors (Lipinski definition) is 1. The maximum atomic E-state index is 12.2. The molecular weight excluding hydrogens is 408 g/mol. The molecule has 0 fully saturated rings. The molecule has 1 amide bonds. The summed E-state index contributed by atoms with van der Waals surface area (Å²) in [5, 5.41) is 14.8. The third-order valence-electron chi connectivity index (χ3n) is 3.85. The molecular formula is C19H22N6O4S. The number of aryl methyl sites for hydroxylation is 1.